The van der Waals surface area contributed by atoms with Crippen molar-refractivity contribution in [1.82, 2.24) is 0 Å². The zero-order chi connectivity index (χ0) is 20.3. The number of hydrogen-bond donors (Lipinski definition) is 2. The highest BCUT2D eigenvalue weighted by Crippen LogP contribution is 2.47. The fourth-order valence-electron chi connectivity index (χ4n) is 3.47. The van der Waals surface area contributed by atoms with Crippen molar-refractivity contribution >= 4 is 28.9 Å². The molecule has 2 aromatic rings. The van der Waals surface area contributed by atoms with E-state index >= 15 is 0 Å². The number of nitrogens with one attached hydrogen (secondary N) is 2. The maximum absolute atomic E-state index is 12.9. The molecule has 1 aliphatic rings. The summed E-state index contributed by atoms with van der Waals surface area (Å²) in [5.41, 5.74) is 3.72. The molecule has 0 spiro atoms. The van der Waals surface area contributed by atoms with Crippen LogP contribution in [0.2, 0.25) is 0 Å². The molecule has 1 fully saturated rings. The maximum atomic E-state index is 12.9. The van der Waals surface area contributed by atoms with Crippen LogP contribution in [0.1, 0.15) is 37.8 Å². The number of carbonyl (C=O) groups is 2. The van der Waals surface area contributed by atoms with Crippen LogP contribution in [0.3, 0.4) is 0 Å². The van der Waals surface area contributed by atoms with Crippen LogP contribution < -0.4 is 15.5 Å². The molecule has 0 radical (unpaired) electrons. The molecule has 0 aromatic heterocycles. The molecule has 0 saturated heterocycles. The van der Waals surface area contributed by atoms with E-state index in [9.17, 15) is 9.59 Å². The van der Waals surface area contributed by atoms with E-state index in [4.69, 9.17) is 0 Å². The second kappa shape index (κ2) is 8.05. The summed E-state index contributed by atoms with van der Waals surface area (Å²) in [5, 5.41) is 5.87. The highest BCUT2D eigenvalue weighted by Gasteiger charge is 2.56. The summed E-state index contributed by atoms with van der Waals surface area (Å²) in [7, 11) is 0. The van der Waals surface area contributed by atoms with E-state index in [1.54, 1.807) is 0 Å². The minimum absolute atomic E-state index is 0.226. The van der Waals surface area contributed by atoms with E-state index in [0.29, 0.717) is 12.8 Å². The van der Waals surface area contributed by atoms with Crippen molar-refractivity contribution in [1.29, 1.82) is 0 Å². The summed E-state index contributed by atoms with van der Waals surface area (Å²) in [6.45, 7) is 10.1. The normalized spacial score (nSPS) is 14.3. The molecule has 0 heterocycles. The molecule has 1 aliphatic carbocycles. The van der Waals surface area contributed by atoms with Crippen LogP contribution in [0.4, 0.5) is 17.1 Å². The Morgan fingerprint density at radius 3 is 2.21 bits per heavy atom. The van der Waals surface area contributed by atoms with Crippen molar-refractivity contribution in [3.05, 3.63) is 53.6 Å². The summed E-state index contributed by atoms with van der Waals surface area (Å²) >= 11 is 0. The van der Waals surface area contributed by atoms with E-state index < -0.39 is 5.41 Å². The van der Waals surface area contributed by atoms with Crippen molar-refractivity contribution < 1.29 is 9.59 Å². The molecule has 28 heavy (non-hydrogen) atoms. The third kappa shape index (κ3) is 4.03. The van der Waals surface area contributed by atoms with Gasteiger partial charge in [-0.1, -0.05) is 12.1 Å². The number of rotatable bonds is 7. The number of nitrogens with zero attached hydrogens (tertiary/aromatic N) is 1. The van der Waals surface area contributed by atoms with Gasteiger partial charge in [-0.2, -0.15) is 0 Å². The molecule has 1 saturated carbocycles. The Hall–Kier alpha value is -2.82. The topological polar surface area (TPSA) is 61.4 Å². The first-order chi connectivity index (χ1) is 13.4. The predicted octanol–water partition coefficient (Wildman–Crippen LogP) is 4.51. The summed E-state index contributed by atoms with van der Waals surface area (Å²) in [4.78, 5) is 27.9. The van der Waals surface area contributed by atoms with Crippen molar-refractivity contribution in [2.24, 2.45) is 5.41 Å². The van der Waals surface area contributed by atoms with Crippen LogP contribution in [0, 0.1) is 19.3 Å². The Kier molecular flexibility index (Phi) is 5.73. The number of carbonyl (C=O) groups excluding carboxylic acids is 2. The minimum Gasteiger partial charge on any atom is -0.372 e. The number of hydrogen-bond acceptors (Lipinski definition) is 3. The lowest BCUT2D eigenvalue weighted by Crippen LogP contribution is -2.35. The SMILES string of the molecule is CCN(CC)c1ccc(NC(=O)C2(C(=O)Nc3cccc(C)c3)CC2)c(C)c1. The zero-order valence-electron chi connectivity index (χ0n) is 17.1. The van der Waals surface area contributed by atoms with Gasteiger partial charge in [0.25, 0.3) is 0 Å². The average molecular weight is 380 g/mol. The molecular formula is C23H29N3O2. The van der Waals surface area contributed by atoms with Crippen molar-refractivity contribution in [2.45, 2.75) is 40.5 Å². The Balaban J connectivity index is 1.71. The van der Waals surface area contributed by atoms with Crippen LogP contribution in [0.5, 0.6) is 0 Å². The third-order valence-electron chi connectivity index (χ3n) is 5.48. The molecule has 148 valence electrons. The Morgan fingerprint density at radius 2 is 1.64 bits per heavy atom. The lowest BCUT2D eigenvalue weighted by atomic mass is 10.0. The number of benzene rings is 2. The van der Waals surface area contributed by atoms with E-state index in [0.717, 1.165) is 41.3 Å². The summed E-state index contributed by atoms with van der Waals surface area (Å²) in [6, 6.07) is 13.6. The minimum atomic E-state index is -0.965. The van der Waals surface area contributed by atoms with E-state index in [2.05, 4.69) is 35.4 Å². The van der Waals surface area contributed by atoms with Crippen LogP contribution in [-0.4, -0.2) is 24.9 Å². The van der Waals surface area contributed by atoms with Gasteiger partial charge in [-0.15, -0.1) is 0 Å². The van der Waals surface area contributed by atoms with Gasteiger partial charge in [0.15, 0.2) is 0 Å². The number of aryl methyl sites for hydroxylation is 2. The first kappa shape index (κ1) is 19.9. The van der Waals surface area contributed by atoms with E-state index in [1.165, 1.54) is 0 Å². The molecular weight excluding hydrogens is 350 g/mol. The first-order valence-corrected chi connectivity index (χ1v) is 9.95. The van der Waals surface area contributed by atoms with Gasteiger partial charge in [-0.05, 0) is 82.0 Å². The number of anilines is 3. The largest absolute Gasteiger partial charge is 0.372 e. The molecule has 0 bridgehead atoms. The third-order valence-corrected chi connectivity index (χ3v) is 5.48. The molecule has 0 atom stereocenters. The summed E-state index contributed by atoms with van der Waals surface area (Å²) in [6.07, 6.45) is 1.15. The average Bonchev–Trinajstić information content (AvgIpc) is 3.47. The van der Waals surface area contributed by atoms with E-state index in [-0.39, 0.29) is 11.8 Å². The molecule has 5 nitrogen and oxygen atoms in total. The molecule has 5 heteroatoms. The summed E-state index contributed by atoms with van der Waals surface area (Å²) in [5.74, 6) is -0.454. The van der Waals surface area contributed by atoms with Crippen LogP contribution in [-0.2, 0) is 9.59 Å². The van der Waals surface area contributed by atoms with Gasteiger partial charge >= 0.3 is 0 Å². The zero-order valence-corrected chi connectivity index (χ0v) is 17.1. The van der Waals surface area contributed by atoms with Crippen LogP contribution in [0.25, 0.3) is 0 Å². The Bertz CT molecular complexity index is 883. The first-order valence-electron chi connectivity index (χ1n) is 9.95. The standard InChI is InChI=1S/C23H29N3O2/c1-5-26(6-2)19-10-11-20(17(4)15-19)25-22(28)23(12-13-23)21(27)24-18-9-7-8-16(3)14-18/h7-11,14-15H,5-6,12-13H2,1-4H3,(H,24,27)(H,25,28). The number of amides is 2. The Labute approximate surface area is 167 Å². The van der Waals surface area contributed by atoms with Gasteiger partial charge in [-0.25, -0.2) is 0 Å². The van der Waals surface area contributed by atoms with Crippen molar-refractivity contribution in [3.63, 3.8) is 0 Å². The predicted molar refractivity (Wildman–Crippen MR) is 115 cm³/mol. The molecule has 3 rings (SSSR count). The van der Waals surface area contributed by atoms with Gasteiger partial charge in [0.1, 0.15) is 5.41 Å². The van der Waals surface area contributed by atoms with E-state index in [1.807, 2.05) is 50.2 Å². The highest BCUT2D eigenvalue weighted by atomic mass is 16.2. The van der Waals surface area contributed by atoms with Gasteiger partial charge in [-0.3, -0.25) is 9.59 Å². The lowest BCUT2D eigenvalue weighted by Gasteiger charge is -2.22. The van der Waals surface area contributed by atoms with Gasteiger partial charge in [0.05, 0.1) is 0 Å². The molecule has 2 aromatic carbocycles. The second-order valence-corrected chi connectivity index (χ2v) is 7.53. The van der Waals surface area contributed by atoms with Crippen LogP contribution in [0.15, 0.2) is 42.5 Å². The van der Waals surface area contributed by atoms with Gasteiger partial charge in [0, 0.05) is 30.2 Å². The van der Waals surface area contributed by atoms with Crippen molar-refractivity contribution in [2.75, 3.05) is 28.6 Å². The van der Waals surface area contributed by atoms with Crippen molar-refractivity contribution in [3.8, 4) is 0 Å². The second-order valence-electron chi connectivity index (χ2n) is 7.53. The lowest BCUT2D eigenvalue weighted by molar-refractivity contribution is -0.131. The van der Waals surface area contributed by atoms with Gasteiger partial charge < -0.3 is 15.5 Å². The molecule has 0 aliphatic heterocycles. The fourth-order valence-corrected chi connectivity index (χ4v) is 3.47. The molecule has 2 amide bonds. The monoisotopic (exact) mass is 379 g/mol. The maximum Gasteiger partial charge on any atom is 0.240 e. The fraction of sp³-hybridized carbons (Fsp3) is 0.391. The molecule has 2 N–H and O–H groups in total. The molecule has 0 unspecified atom stereocenters. The smallest absolute Gasteiger partial charge is 0.240 e. The Morgan fingerprint density at radius 1 is 0.964 bits per heavy atom. The van der Waals surface area contributed by atoms with Gasteiger partial charge in [0.2, 0.25) is 11.8 Å². The van der Waals surface area contributed by atoms with Crippen LogP contribution >= 0.6 is 0 Å². The highest BCUT2D eigenvalue weighted by molar-refractivity contribution is 6.17. The quantitative estimate of drug-likeness (QED) is 0.696. The summed E-state index contributed by atoms with van der Waals surface area (Å²) < 4.78 is 0.